The summed E-state index contributed by atoms with van der Waals surface area (Å²) in [6, 6.07) is 0. The first-order valence-corrected chi connectivity index (χ1v) is 16.5. The Balaban J connectivity index is 3.71. The number of rotatable bonds is 27. The molecule has 0 aliphatic rings. The Hall–Kier alpha value is -0.460. The third-order valence-corrected chi connectivity index (χ3v) is 7.79. The number of carbonyl (C=O) groups excluding carboxylic acids is 1. The fraction of sp³-hybridized carbons (Fsp3) is 0.964. The molecular weight excluding hydrogens is 477 g/mol. The first-order chi connectivity index (χ1) is 17.3. The van der Waals surface area contributed by atoms with Crippen LogP contribution in [0.25, 0.3) is 0 Å². The number of hydrogen-bond donors (Lipinski definition) is 2. The van der Waals surface area contributed by atoms with Crippen molar-refractivity contribution >= 4 is 13.6 Å². The Morgan fingerprint density at radius 2 is 1.28 bits per heavy atom. The molecule has 7 nitrogen and oxygen atoms in total. The molecule has 0 aliphatic carbocycles. The quantitative estimate of drug-likeness (QED) is 0.0768. The molecule has 0 amide bonds. The van der Waals surface area contributed by atoms with Gasteiger partial charge in [0.1, 0.15) is 6.10 Å². The molecule has 0 aromatic heterocycles. The SMILES string of the molecule is CCCCCCCCCCCCCCCCCOCC(COP(=O)(O)CCCC[NH+](C)C)OC(C)=O. The van der Waals surface area contributed by atoms with E-state index < -0.39 is 19.7 Å². The van der Waals surface area contributed by atoms with E-state index in [1.54, 1.807) is 0 Å². The molecule has 8 heteroatoms. The summed E-state index contributed by atoms with van der Waals surface area (Å²) in [5, 5.41) is 0. The molecule has 0 heterocycles. The Morgan fingerprint density at radius 1 is 0.778 bits per heavy atom. The van der Waals surface area contributed by atoms with Crippen molar-refractivity contribution in [1.82, 2.24) is 0 Å². The van der Waals surface area contributed by atoms with Gasteiger partial charge in [0.05, 0.1) is 40.0 Å². The number of unbranched alkanes of at least 4 members (excludes halogenated alkanes) is 15. The van der Waals surface area contributed by atoms with Crippen LogP contribution in [0, 0.1) is 0 Å². The molecule has 2 N–H and O–H groups in total. The highest BCUT2D eigenvalue weighted by atomic mass is 31.2. The molecule has 2 unspecified atom stereocenters. The summed E-state index contributed by atoms with van der Waals surface area (Å²) in [6.07, 6.45) is 20.8. The Morgan fingerprint density at radius 3 is 1.75 bits per heavy atom. The molecule has 0 spiro atoms. The summed E-state index contributed by atoms with van der Waals surface area (Å²) in [4.78, 5) is 22.7. The zero-order chi connectivity index (χ0) is 26.9. The molecular formula is C28H59NO6P+. The summed E-state index contributed by atoms with van der Waals surface area (Å²) >= 11 is 0. The number of hydrogen-bond acceptors (Lipinski definition) is 5. The maximum Gasteiger partial charge on any atom is 0.328 e. The molecule has 0 saturated carbocycles. The first-order valence-electron chi connectivity index (χ1n) is 14.8. The van der Waals surface area contributed by atoms with E-state index in [1.807, 2.05) is 0 Å². The highest BCUT2D eigenvalue weighted by Gasteiger charge is 2.23. The average Bonchev–Trinajstić information content (AvgIpc) is 2.81. The number of nitrogens with one attached hydrogen (secondary N) is 1. The molecule has 0 bridgehead atoms. The van der Waals surface area contributed by atoms with Gasteiger partial charge >= 0.3 is 13.6 Å². The van der Waals surface area contributed by atoms with Gasteiger partial charge in [0.15, 0.2) is 0 Å². The van der Waals surface area contributed by atoms with Crippen LogP contribution in [-0.4, -0.2) is 63.6 Å². The van der Waals surface area contributed by atoms with Crippen molar-refractivity contribution in [3.8, 4) is 0 Å². The normalized spacial score (nSPS) is 14.2. The second-order valence-electron chi connectivity index (χ2n) is 10.6. The third-order valence-electron chi connectivity index (χ3n) is 6.36. The van der Waals surface area contributed by atoms with Gasteiger partial charge in [-0.25, -0.2) is 0 Å². The molecule has 0 saturated heterocycles. The van der Waals surface area contributed by atoms with Crippen molar-refractivity contribution < 1.29 is 33.2 Å². The van der Waals surface area contributed by atoms with Crippen molar-refractivity contribution in [3.05, 3.63) is 0 Å². The fourth-order valence-corrected chi connectivity index (χ4v) is 5.35. The van der Waals surface area contributed by atoms with Gasteiger partial charge in [0.25, 0.3) is 0 Å². The molecule has 0 aliphatic heterocycles. The Labute approximate surface area is 222 Å². The Bertz CT molecular complexity index is 546. The lowest BCUT2D eigenvalue weighted by molar-refractivity contribution is -0.858. The van der Waals surface area contributed by atoms with Crippen molar-refractivity contribution in [1.29, 1.82) is 0 Å². The summed E-state index contributed by atoms with van der Waals surface area (Å²) < 4.78 is 28.3. The molecule has 0 fully saturated rings. The largest absolute Gasteiger partial charge is 0.458 e. The molecule has 0 aromatic rings. The summed E-state index contributed by atoms with van der Waals surface area (Å²) in [5.41, 5.74) is 0. The van der Waals surface area contributed by atoms with Gasteiger partial charge < -0.3 is 23.8 Å². The number of esters is 1. The van der Waals surface area contributed by atoms with Gasteiger partial charge in [-0.05, 0) is 19.3 Å². The smallest absolute Gasteiger partial charge is 0.328 e. The predicted molar refractivity (Wildman–Crippen MR) is 149 cm³/mol. The number of quaternary nitrogens is 1. The van der Waals surface area contributed by atoms with E-state index in [0.717, 1.165) is 25.8 Å². The number of ether oxygens (including phenoxy) is 2. The van der Waals surface area contributed by atoms with Crippen LogP contribution in [0.1, 0.15) is 123 Å². The van der Waals surface area contributed by atoms with E-state index in [2.05, 4.69) is 21.0 Å². The van der Waals surface area contributed by atoms with E-state index >= 15 is 0 Å². The minimum atomic E-state index is -3.68. The van der Waals surface area contributed by atoms with Crippen LogP contribution in [0.5, 0.6) is 0 Å². The maximum absolute atomic E-state index is 12.2. The zero-order valence-corrected chi connectivity index (χ0v) is 25.0. The predicted octanol–water partition coefficient (Wildman–Crippen LogP) is 5.93. The van der Waals surface area contributed by atoms with Crippen molar-refractivity contribution in [3.63, 3.8) is 0 Å². The average molecular weight is 537 g/mol. The van der Waals surface area contributed by atoms with Crippen molar-refractivity contribution in [2.45, 2.75) is 129 Å². The van der Waals surface area contributed by atoms with Gasteiger partial charge in [-0.3, -0.25) is 9.36 Å². The monoisotopic (exact) mass is 536 g/mol. The van der Waals surface area contributed by atoms with Crippen molar-refractivity contribution in [2.24, 2.45) is 0 Å². The topological polar surface area (TPSA) is 86.5 Å². The van der Waals surface area contributed by atoms with E-state index in [-0.39, 0.29) is 19.4 Å². The lowest BCUT2D eigenvalue weighted by Gasteiger charge is -2.19. The molecule has 0 aromatic carbocycles. The zero-order valence-electron chi connectivity index (χ0n) is 24.1. The fourth-order valence-electron chi connectivity index (χ4n) is 4.20. The van der Waals surface area contributed by atoms with Crippen molar-refractivity contribution in [2.75, 3.05) is 46.6 Å². The van der Waals surface area contributed by atoms with Gasteiger partial charge in [0.2, 0.25) is 0 Å². The third kappa shape index (κ3) is 26.6. The minimum absolute atomic E-state index is 0.118. The van der Waals surface area contributed by atoms with E-state index in [4.69, 9.17) is 14.0 Å². The highest BCUT2D eigenvalue weighted by molar-refractivity contribution is 7.52. The van der Waals surface area contributed by atoms with Crippen LogP contribution in [0.2, 0.25) is 0 Å². The standard InChI is InChI=1S/C28H58NO6P/c1-5-6-7-8-9-10-11-12-13-14-15-16-17-18-20-23-33-25-28(35-27(2)30)26-34-36(31,32)24-21-19-22-29(3)4/h28H,5-26H2,1-4H3,(H,31,32)/p+1. The van der Waals surface area contributed by atoms with Gasteiger partial charge in [-0.15, -0.1) is 0 Å². The van der Waals surface area contributed by atoms with Crippen LogP contribution >= 0.6 is 7.60 Å². The molecule has 0 rings (SSSR count). The summed E-state index contributed by atoms with van der Waals surface area (Å²) in [7, 11) is 0.424. The summed E-state index contributed by atoms with van der Waals surface area (Å²) in [5.74, 6) is -0.444. The van der Waals surface area contributed by atoms with Crippen LogP contribution in [0.15, 0.2) is 0 Å². The lowest BCUT2D eigenvalue weighted by atomic mass is 10.0. The Kier molecular flexibility index (Phi) is 24.5. The van der Waals surface area contributed by atoms with Crippen LogP contribution in [0.3, 0.4) is 0 Å². The van der Waals surface area contributed by atoms with Crippen LogP contribution in [-0.2, 0) is 23.4 Å². The number of carbonyl (C=O) groups is 1. The van der Waals surface area contributed by atoms with E-state index in [1.165, 1.54) is 95.3 Å². The molecule has 216 valence electrons. The minimum Gasteiger partial charge on any atom is -0.458 e. The van der Waals surface area contributed by atoms with E-state index in [0.29, 0.717) is 13.0 Å². The van der Waals surface area contributed by atoms with Crippen LogP contribution in [0.4, 0.5) is 0 Å². The molecule has 36 heavy (non-hydrogen) atoms. The lowest BCUT2D eigenvalue weighted by Crippen LogP contribution is -3.05. The van der Waals surface area contributed by atoms with E-state index in [9.17, 15) is 14.3 Å². The van der Waals surface area contributed by atoms with Gasteiger partial charge in [-0.1, -0.05) is 96.8 Å². The maximum atomic E-state index is 12.2. The molecule has 2 atom stereocenters. The van der Waals surface area contributed by atoms with Gasteiger partial charge in [0, 0.05) is 13.5 Å². The summed E-state index contributed by atoms with van der Waals surface area (Å²) in [6.45, 7) is 5.20. The molecule has 0 radical (unpaired) electrons. The second kappa shape index (κ2) is 24.9. The van der Waals surface area contributed by atoms with Gasteiger partial charge in [-0.2, -0.15) is 0 Å². The second-order valence-corrected chi connectivity index (χ2v) is 12.6. The first kappa shape index (κ1) is 35.5. The van der Waals surface area contributed by atoms with Crippen LogP contribution < -0.4 is 4.90 Å². The highest BCUT2D eigenvalue weighted by Crippen LogP contribution is 2.42.